The zero-order chi connectivity index (χ0) is 19.0. The Morgan fingerprint density at radius 2 is 1.85 bits per heavy atom. The Morgan fingerprint density at radius 3 is 2.56 bits per heavy atom. The van der Waals surface area contributed by atoms with Gasteiger partial charge in [0.05, 0.1) is 7.11 Å². The molecule has 0 aromatic heterocycles. The van der Waals surface area contributed by atoms with Gasteiger partial charge in [-0.3, -0.25) is 4.79 Å². The Bertz CT molecular complexity index is 819. The van der Waals surface area contributed by atoms with Crippen molar-refractivity contribution < 1.29 is 17.9 Å². The topological polar surface area (TPSA) is 75.7 Å². The first-order valence-corrected chi connectivity index (χ1v) is 11.5. The molecule has 2 aliphatic carbocycles. The fourth-order valence-corrected chi connectivity index (χ4v) is 5.97. The number of benzene rings is 1. The van der Waals surface area contributed by atoms with Crippen LogP contribution in [0.25, 0.3) is 0 Å². The maximum atomic E-state index is 13.1. The van der Waals surface area contributed by atoms with Gasteiger partial charge in [-0.15, -0.1) is 0 Å². The van der Waals surface area contributed by atoms with E-state index in [1.807, 2.05) is 4.90 Å². The summed E-state index contributed by atoms with van der Waals surface area (Å²) in [6.45, 7) is 1.55. The van der Waals surface area contributed by atoms with Crippen molar-refractivity contribution >= 4 is 15.9 Å². The van der Waals surface area contributed by atoms with Gasteiger partial charge in [0.25, 0.3) is 5.91 Å². The highest BCUT2D eigenvalue weighted by molar-refractivity contribution is 7.89. The molecule has 1 aliphatic heterocycles. The van der Waals surface area contributed by atoms with E-state index in [1.54, 1.807) is 12.1 Å². The van der Waals surface area contributed by atoms with E-state index in [4.69, 9.17) is 4.74 Å². The van der Waals surface area contributed by atoms with Crippen LogP contribution in [0, 0.1) is 11.8 Å². The maximum Gasteiger partial charge on any atom is 0.253 e. The molecule has 148 valence electrons. The van der Waals surface area contributed by atoms with Crippen LogP contribution in [0.1, 0.15) is 55.3 Å². The third-order valence-electron chi connectivity index (χ3n) is 6.18. The molecule has 1 N–H and O–H groups in total. The quantitative estimate of drug-likeness (QED) is 0.836. The van der Waals surface area contributed by atoms with E-state index in [-0.39, 0.29) is 22.6 Å². The van der Waals surface area contributed by atoms with Crippen LogP contribution in [0.3, 0.4) is 0 Å². The van der Waals surface area contributed by atoms with Crippen molar-refractivity contribution in [1.82, 2.24) is 9.62 Å². The Kier molecular flexibility index (Phi) is 5.16. The first kappa shape index (κ1) is 18.7. The zero-order valence-electron chi connectivity index (χ0n) is 15.8. The number of nitrogens with one attached hydrogen (secondary N) is 1. The number of carbonyl (C=O) groups excluding carboxylic acids is 1. The van der Waals surface area contributed by atoms with Gasteiger partial charge in [-0.1, -0.05) is 19.3 Å². The van der Waals surface area contributed by atoms with Gasteiger partial charge < -0.3 is 9.64 Å². The summed E-state index contributed by atoms with van der Waals surface area (Å²) >= 11 is 0. The zero-order valence-corrected chi connectivity index (χ0v) is 16.6. The Hall–Kier alpha value is -1.60. The van der Waals surface area contributed by atoms with Crippen molar-refractivity contribution in [2.75, 3.05) is 20.2 Å². The van der Waals surface area contributed by atoms with Gasteiger partial charge in [0.2, 0.25) is 10.0 Å². The summed E-state index contributed by atoms with van der Waals surface area (Å²) in [7, 11) is -2.25. The molecule has 1 amide bonds. The predicted molar refractivity (Wildman–Crippen MR) is 102 cm³/mol. The van der Waals surface area contributed by atoms with E-state index in [2.05, 4.69) is 4.72 Å². The average Bonchev–Trinajstić information content (AvgIpc) is 3.49. The van der Waals surface area contributed by atoms with Crippen LogP contribution < -0.4 is 9.46 Å². The molecule has 1 heterocycles. The van der Waals surface area contributed by atoms with Gasteiger partial charge in [-0.25, -0.2) is 13.1 Å². The van der Waals surface area contributed by atoms with E-state index in [9.17, 15) is 13.2 Å². The molecule has 0 unspecified atom stereocenters. The lowest BCUT2D eigenvalue weighted by Gasteiger charge is -2.41. The second-order valence-electron chi connectivity index (χ2n) is 8.11. The Morgan fingerprint density at radius 1 is 1.11 bits per heavy atom. The molecule has 1 aromatic rings. The second kappa shape index (κ2) is 7.43. The van der Waals surface area contributed by atoms with E-state index in [0.29, 0.717) is 11.5 Å². The summed E-state index contributed by atoms with van der Waals surface area (Å²) in [4.78, 5) is 15.0. The first-order chi connectivity index (χ1) is 13.0. The standard InChI is InChI=1S/C20H28N2O4S/c1-26-18-9-6-15(12-19(18)27(24,25)21-17-7-8-17)20(23)22-11-10-14-4-2-3-5-16(14)13-22/h6,9,12,14,16-17,21H,2-5,7-8,10-11,13H2,1H3/t14-,16-/m0/s1. The number of rotatable bonds is 5. The van der Waals surface area contributed by atoms with Crippen LogP contribution in [0.15, 0.2) is 23.1 Å². The average molecular weight is 393 g/mol. The number of nitrogens with zero attached hydrogens (tertiary/aromatic N) is 1. The molecule has 2 saturated carbocycles. The van der Waals surface area contributed by atoms with Gasteiger partial charge in [0, 0.05) is 24.7 Å². The summed E-state index contributed by atoms with van der Waals surface area (Å²) in [5.74, 6) is 1.53. The minimum Gasteiger partial charge on any atom is -0.495 e. The lowest BCUT2D eigenvalue weighted by atomic mass is 9.75. The first-order valence-electron chi connectivity index (χ1n) is 9.97. The molecule has 0 radical (unpaired) electrons. The molecule has 0 bridgehead atoms. The van der Waals surface area contributed by atoms with Crippen molar-refractivity contribution in [3.05, 3.63) is 23.8 Å². The number of methoxy groups -OCH3 is 1. The van der Waals surface area contributed by atoms with E-state index in [1.165, 1.54) is 38.9 Å². The predicted octanol–water partition coefficient (Wildman–Crippen LogP) is 2.79. The molecular formula is C20H28N2O4S. The van der Waals surface area contributed by atoms with E-state index in [0.717, 1.165) is 38.3 Å². The smallest absolute Gasteiger partial charge is 0.253 e. The number of hydrogen-bond donors (Lipinski definition) is 1. The van der Waals surface area contributed by atoms with Gasteiger partial charge in [0.15, 0.2) is 0 Å². The van der Waals surface area contributed by atoms with Crippen LogP contribution in [-0.2, 0) is 10.0 Å². The minimum atomic E-state index is -3.69. The molecule has 3 aliphatic rings. The summed E-state index contributed by atoms with van der Waals surface area (Å²) in [5, 5.41) is 0. The highest BCUT2D eigenvalue weighted by Gasteiger charge is 2.34. The molecule has 3 fully saturated rings. The number of piperidine rings is 1. The lowest BCUT2D eigenvalue weighted by Crippen LogP contribution is -2.44. The molecule has 7 heteroatoms. The fourth-order valence-electron chi connectivity index (χ4n) is 4.47. The minimum absolute atomic E-state index is 0.00407. The number of sulfonamides is 1. The maximum absolute atomic E-state index is 13.1. The van der Waals surface area contributed by atoms with Crippen LogP contribution in [-0.4, -0.2) is 45.5 Å². The van der Waals surface area contributed by atoms with Crippen molar-refractivity contribution in [3.63, 3.8) is 0 Å². The molecule has 2 atom stereocenters. The number of amides is 1. The van der Waals surface area contributed by atoms with Gasteiger partial charge in [-0.05, 0) is 55.7 Å². The number of ether oxygens (including phenoxy) is 1. The molecule has 27 heavy (non-hydrogen) atoms. The van der Waals surface area contributed by atoms with Crippen LogP contribution in [0.2, 0.25) is 0 Å². The van der Waals surface area contributed by atoms with Crippen molar-refractivity contribution in [3.8, 4) is 5.75 Å². The second-order valence-corrected chi connectivity index (χ2v) is 9.79. The lowest BCUT2D eigenvalue weighted by molar-refractivity contribution is 0.0520. The molecule has 4 rings (SSSR count). The Labute approximate surface area is 161 Å². The number of fused-ring (bicyclic) bond motifs is 1. The number of likely N-dealkylation sites (tertiary alicyclic amines) is 1. The summed E-state index contributed by atoms with van der Waals surface area (Å²) in [6.07, 6.45) is 7.81. The molecule has 1 aromatic carbocycles. The van der Waals surface area contributed by atoms with Crippen molar-refractivity contribution in [2.24, 2.45) is 11.8 Å². The molecule has 0 spiro atoms. The fraction of sp³-hybridized carbons (Fsp3) is 0.650. The van der Waals surface area contributed by atoms with Gasteiger partial charge >= 0.3 is 0 Å². The van der Waals surface area contributed by atoms with Crippen molar-refractivity contribution in [2.45, 2.75) is 55.9 Å². The van der Waals surface area contributed by atoms with Crippen LogP contribution >= 0.6 is 0 Å². The highest BCUT2D eigenvalue weighted by Crippen LogP contribution is 2.37. The third-order valence-corrected chi connectivity index (χ3v) is 7.72. The molecule has 1 saturated heterocycles. The Balaban J connectivity index is 1.56. The van der Waals surface area contributed by atoms with E-state index < -0.39 is 10.0 Å². The van der Waals surface area contributed by atoms with E-state index >= 15 is 0 Å². The largest absolute Gasteiger partial charge is 0.495 e. The third kappa shape index (κ3) is 3.99. The van der Waals surface area contributed by atoms with Crippen LogP contribution in [0.5, 0.6) is 5.75 Å². The van der Waals surface area contributed by atoms with Crippen LogP contribution in [0.4, 0.5) is 0 Å². The normalized spacial score (nSPS) is 25.7. The number of hydrogen-bond acceptors (Lipinski definition) is 4. The summed E-state index contributed by atoms with van der Waals surface area (Å²) in [5.41, 5.74) is 0.418. The van der Waals surface area contributed by atoms with Gasteiger partial charge in [-0.2, -0.15) is 0 Å². The monoisotopic (exact) mass is 392 g/mol. The molecule has 6 nitrogen and oxygen atoms in total. The summed E-state index contributed by atoms with van der Waals surface area (Å²) < 4.78 is 33.3. The molecular weight excluding hydrogens is 364 g/mol. The van der Waals surface area contributed by atoms with Crippen molar-refractivity contribution in [1.29, 1.82) is 0 Å². The highest BCUT2D eigenvalue weighted by atomic mass is 32.2. The van der Waals surface area contributed by atoms with Gasteiger partial charge in [0.1, 0.15) is 10.6 Å². The number of carbonyl (C=O) groups is 1. The summed E-state index contributed by atoms with van der Waals surface area (Å²) in [6, 6.07) is 4.73. The SMILES string of the molecule is COc1ccc(C(=O)N2CC[C@@H]3CCCC[C@H]3C2)cc1S(=O)(=O)NC1CC1.